The molecule has 0 radical (unpaired) electrons. The van der Waals surface area contributed by atoms with Crippen LogP contribution in [0.3, 0.4) is 0 Å². The molecule has 1 aliphatic heterocycles. The zero-order valence-corrected chi connectivity index (χ0v) is 24.1. The van der Waals surface area contributed by atoms with E-state index in [1.165, 1.54) is 0 Å². The highest BCUT2D eigenvalue weighted by Gasteiger charge is 2.36. The van der Waals surface area contributed by atoms with Crippen molar-refractivity contribution in [3.8, 4) is 11.5 Å². The normalized spacial score (nSPS) is 15.4. The maximum absolute atomic E-state index is 13.8. The standard InChI is InChI=1S/C33H34ClN3O3/c1-5-22(2)40-31-19-29-25(17-30(31)39-4)18-32(38)37(33(29)24-8-10-26(34)11-9-24)28-14-12-27(13-15-28)36(3)21-23-7-6-16-35-20-23/h6-17,19-20,22,33H,5,18,21H2,1-4H3. The number of ether oxygens (including phenoxy) is 2. The summed E-state index contributed by atoms with van der Waals surface area (Å²) in [6.07, 6.45) is 4.81. The lowest BCUT2D eigenvalue weighted by Gasteiger charge is -2.38. The molecule has 1 amide bonds. The van der Waals surface area contributed by atoms with E-state index in [-0.39, 0.29) is 24.5 Å². The van der Waals surface area contributed by atoms with Gasteiger partial charge in [-0.3, -0.25) is 9.78 Å². The van der Waals surface area contributed by atoms with Gasteiger partial charge >= 0.3 is 0 Å². The van der Waals surface area contributed by atoms with Crippen LogP contribution in [0.1, 0.15) is 48.6 Å². The average Bonchev–Trinajstić information content (AvgIpc) is 2.97. The van der Waals surface area contributed by atoms with Crippen molar-refractivity contribution in [1.82, 2.24) is 4.98 Å². The molecule has 1 aliphatic rings. The van der Waals surface area contributed by atoms with Crippen molar-refractivity contribution in [3.05, 3.63) is 112 Å². The van der Waals surface area contributed by atoms with Gasteiger partial charge < -0.3 is 19.3 Å². The van der Waals surface area contributed by atoms with Crippen LogP contribution in [-0.4, -0.2) is 31.2 Å². The molecule has 0 aliphatic carbocycles. The Balaban J connectivity index is 1.54. The quantitative estimate of drug-likeness (QED) is 0.218. The van der Waals surface area contributed by atoms with Gasteiger partial charge in [0.1, 0.15) is 0 Å². The van der Waals surface area contributed by atoms with Crippen LogP contribution in [-0.2, 0) is 17.8 Å². The Labute approximate surface area is 241 Å². The third-order valence-electron chi connectivity index (χ3n) is 7.39. The van der Waals surface area contributed by atoms with Gasteiger partial charge in [-0.1, -0.05) is 36.7 Å². The molecule has 2 atom stereocenters. The van der Waals surface area contributed by atoms with Gasteiger partial charge in [-0.2, -0.15) is 0 Å². The number of hydrogen-bond acceptors (Lipinski definition) is 5. The number of benzene rings is 3. The zero-order chi connectivity index (χ0) is 28.2. The van der Waals surface area contributed by atoms with Crippen molar-refractivity contribution >= 4 is 28.9 Å². The lowest BCUT2D eigenvalue weighted by atomic mass is 9.86. The summed E-state index contributed by atoms with van der Waals surface area (Å²) >= 11 is 6.25. The molecule has 40 heavy (non-hydrogen) atoms. The summed E-state index contributed by atoms with van der Waals surface area (Å²) in [7, 11) is 3.68. The average molecular weight is 556 g/mol. The van der Waals surface area contributed by atoms with E-state index in [0.29, 0.717) is 16.5 Å². The largest absolute Gasteiger partial charge is 0.493 e. The number of halogens is 1. The summed E-state index contributed by atoms with van der Waals surface area (Å²) < 4.78 is 11.9. The van der Waals surface area contributed by atoms with Crippen LogP contribution < -0.4 is 19.3 Å². The molecule has 2 heterocycles. The summed E-state index contributed by atoms with van der Waals surface area (Å²) in [4.78, 5) is 22.1. The van der Waals surface area contributed by atoms with Crippen LogP contribution in [0, 0.1) is 0 Å². The van der Waals surface area contributed by atoms with Crippen LogP contribution in [0.2, 0.25) is 5.02 Å². The summed E-state index contributed by atoms with van der Waals surface area (Å²) in [5.41, 5.74) is 5.92. The minimum atomic E-state index is -0.349. The zero-order valence-electron chi connectivity index (χ0n) is 23.3. The molecular weight excluding hydrogens is 522 g/mol. The SMILES string of the molecule is CCC(C)Oc1cc2c(cc1OC)CC(=O)N(c1ccc(N(C)Cc3cccnc3)cc1)C2c1ccc(Cl)cc1. The van der Waals surface area contributed by atoms with Crippen LogP contribution in [0.25, 0.3) is 0 Å². The Morgan fingerprint density at radius 1 is 1.07 bits per heavy atom. The molecule has 1 aromatic heterocycles. The molecule has 6 nitrogen and oxygen atoms in total. The van der Waals surface area contributed by atoms with Crippen molar-refractivity contribution in [2.24, 2.45) is 0 Å². The molecule has 0 N–H and O–H groups in total. The van der Waals surface area contributed by atoms with E-state index in [1.807, 2.05) is 79.7 Å². The fraction of sp³-hybridized carbons (Fsp3) is 0.273. The second-order valence-corrected chi connectivity index (χ2v) is 10.6. The van der Waals surface area contributed by atoms with Crippen molar-refractivity contribution in [2.75, 3.05) is 24.0 Å². The monoisotopic (exact) mass is 555 g/mol. The number of methoxy groups -OCH3 is 1. The van der Waals surface area contributed by atoms with Gasteiger partial charge in [0.05, 0.1) is 25.7 Å². The highest BCUT2D eigenvalue weighted by atomic mass is 35.5. The highest BCUT2D eigenvalue weighted by Crippen LogP contribution is 2.44. The predicted octanol–water partition coefficient (Wildman–Crippen LogP) is 7.24. The van der Waals surface area contributed by atoms with E-state index in [4.69, 9.17) is 21.1 Å². The minimum Gasteiger partial charge on any atom is -0.493 e. The number of aromatic nitrogens is 1. The van der Waals surface area contributed by atoms with Crippen molar-refractivity contribution in [1.29, 1.82) is 0 Å². The van der Waals surface area contributed by atoms with Gasteiger partial charge in [-0.05, 0) is 90.2 Å². The molecule has 0 fully saturated rings. The van der Waals surface area contributed by atoms with E-state index in [1.54, 1.807) is 13.3 Å². The Morgan fingerprint density at radius 3 is 2.48 bits per heavy atom. The Bertz CT molecular complexity index is 1460. The van der Waals surface area contributed by atoms with Gasteiger partial charge in [-0.25, -0.2) is 0 Å². The lowest BCUT2D eigenvalue weighted by molar-refractivity contribution is -0.118. The molecular formula is C33H34ClN3O3. The fourth-order valence-corrected chi connectivity index (χ4v) is 5.23. The van der Waals surface area contributed by atoms with Gasteiger partial charge in [0.25, 0.3) is 0 Å². The predicted molar refractivity (Wildman–Crippen MR) is 161 cm³/mol. The Hall–Kier alpha value is -4.03. The van der Waals surface area contributed by atoms with Crippen molar-refractivity contribution in [3.63, 3.8) is 0 Å². The second kappa shape index (κ2) is 12.0. The number of rotatable bonds is 9. The number of pyridine rings is 1. The Kier molecular flexibility index (Phi) is 8.27. The summed E-state index contributed by atoms with van der Waals surface area (Å²) in [5, 5.41) is 0.647. The molecule has 0 bridgehead atoms. The minimum absolute atomic E-state index is 0.0153. The first-order chi connectivity index (χ1) is 19.4. The summed E-state index contributed by atoms with van der Waals surface area (Å²) in [5.74, 6) is 1.33. The molecule has 4 aromatic rings. The molecule has 2 unspecified atom stereocenters. The van der Waals surface area contributed by atoms with Gasteiger partial charge in [0.15, 0.2) is 11.5 Å². The molecule has 5 rings (SSSR count). The number of carbonyl (C=O) groups excluding carboxylic acids is 1. The van der Waals surface area contributed by atoms with Gasteiger partial charge in [0, 0.05) is 42.4 Å². The summed E-state index contributed by atoms with van der Waals surface area (Å²) in [6, 6.07) is 23.5. The fourth-order valence-electron chi connectivity index (χ4n) is 5.10. The topological polar surface area (TPSA) is 54.9 Å². The van der Waals surface area contributed by atoms with Gasteiger partial charge in [-0.15, -0.1) is 0 Å². The Morgan fingerprint density at radius 2 is 1.82 bits per heavy atom. The first kappa shape index (κ1) is 27.5. The van der Waals surface area contributed by atoms with E-state index in [2.05, 4.69) is 35.0 Å². The number of anilines is 2. The smallest absolute Gasteiger partial charge is 0.232 e. The first-order valence-corrected chi connectivity index (χ1v) is 13.9. The number of fused-ring (bicyclic) bond motifs is 1. The third kappa shape index (κ3) is 5.77. The molecule has 206 valence electrons. The molecule has 3 aromatic carbocycles. The molecule has 0 saturated heterocycles. The van der Waals surface area contributed by atoms with Crippen molar-refractivity contribution in [2.45, 2.75) is 45.4 Å². The van der Waals surface area contributed by atoms with Crippen LogP contribution >= 0.6 is 11.6 Å². The van der Waals surface area contributed by atoms with Crippen molar-refractivity contribution < 1.29 is 14.3 Å². The van der Waals surface area contributed by atoms with E-state index in [0.717, 1.165) is 46.6 Å². The lowest BCUT2D eigenvalue weighted by Crippen LogP contribution is -2.41. The number of amides is 1. The van der Waals surface area contributed by atoms with Crippen LogP contribution in [0.5, 0.6) is 11.5 Å². The van der Waals surface area contributed by atoms with E-state index >= 15 is 0 Å². The number of hydrogen-bond donors (Lipinski definition) is 0. The molecule has 0 spiro atoms. The van der Waals surface area contributed by atoms with E-state index in [9.17, 15) is 4.79 Å². The highest BCUT2D eigenvalue weighted by molar-refractivity contribution is 6.30. The van der Waals surface area contributed by atoms with Crippen LogP contribution in [0.4, 0.5) is 11.4 Å². The van der Waals surface area contributed by atoms with Crippen LogP contribution in [0.15, 0.2) is 85.2 Å². The second-order valence-electron chi connectivity index (χ2n) is 10.2. The number of nitrogens with zero attached hydrogens (tertiary/aromatic N) is 3. The molecule has 7 heteroatoms. The molecule has 0 saturated carbocycles. The first-order valence-electron chi connectivity index (χ1n) is 13.5. The van der Waals surface area contributed by atoms with E-state index < -0.39 is 0 Å². The number of carbonyl (C=O) groups is 1. The van der Waals surface area contributed by atoms with Gasteiger partial charge in [0.2, 0.25) is 5.91 Å². The third-order valence-corrected chi connectivity index (χ3v) is 7.64. The summed E-state index contributed by atoms with van der Waals surface area (Å²) in [6.45, 7) is 4.86. The maximum atomic E-state index is 13.8. The maximum Gasteiger partial charge on any atom is 0.232 e.